The number of fused-ring (bicyclic) bond motifs is 5. The number of carbonyl (C=O) groups excluding carboxylic acids is 2. The number of allylic oxidation sites excluding steroid dienone is 3. The number of carbonyl (C=O) groups is 2. The van der Waals surface area contributed by atoms with E-state index in [2.05, 4.69) is 0 Å². The van der Waals surface area contributed by atoms with Crippen molar-refractivity contribution in [1.29, 1.82) is 0 Å². The van der Waals surface area contributed by atoms with Gasteiger partial charge in [0.05, 0.1) is 11.5 Å². The monoisotopic (exact) mass is 376 g/mol. The number of hydrogen-bond acceptors (Lipinski definition) is 6. The Morgan fingerprint density at radius 3 is 2.59 bits per heavy atom. The van der Waals surface area contributed by atoms with Crippen LogP contribution in [0.15, 0.2) is 23.5 Å². The molecule has 0 spiro atoms. The smallest absolute Gasteiger partial charge is 0.192 e. The number of aliphatic hydroxyl groups is 4. The van der Waals surface area contributed by atoms with Crippen molar-refractivity contribution in [3.8, 4) is 0 Å². The van der Waals surface area contributed by atoms with Crippen LogP contribution < -0.4 is 0 Å². The Morgan fingerprint density at radius 1 is 1.22 bits per heavy atom. The number of hydrogen-bond donors (Lipinski definition) is 4. The van der Waals surface area contributed by atoms with Crippen LogP contribution in [0, 0.1) is 28.6 Å². The third kappa shape index (κ3) is 2.12. The molecule has 6 heteroatoms. The van der Waals surface area contributed by atoms with Crippen molar-refractivity contribution in [2.45, 2.75) is 57.7 Å². The Kier molecular flexibility index (Phi) is 4.01. The van der Waals surface area contributed by atoms with Gasteiger partial charge >= 0.3 is 0 Å². The van der Waals surface area contributed by atoms with Crippen molar-refractivity contribution in [1.82, 2.24) is 0 Å². The molecule has 0 radical (unpaired) electrons. The highest BCUT2D eigenvalue weighted by Gasteiger charge is 2.70. The summed E-state index contributed by atoms with van der Waals surface area (Å²) in [5, 5.41) is 41.0. The largest absolute Gasteiger partial charge is 0.508 e. The Morgan fingerprint density at radius 2 is 1.93 bits per heavy atom. The van der Waals surface area contributed by atoms with Gasteiger partial charge in [0.2, 0.25) is 0 Å². The van der Waals surface area contributed by atoms with Crippen LogP contribution in [0.5, 0.6) is 0 Å². The van der Waals surface area contributed by atoms with E-state index in [-0.39, 0.29) is 29.3 Å². The van der Waals surface area contributed by atoms with Gasteiger partial charge in [-0.2, -0.15) is 0 Å². The Labute approximate surface area is 158 Å². The highest BCUT2D eigenvalue weighted by molar-refractivity contribution is 5.99. The number of Topliss-reactive ketones (excluding diaryl/α,β-unsaturated/α-hetero) is 1. The fraction of sp³-hybridized carbons (Fsp3) is 0.714. The molecule has 4 rings (SSSR count). The Balaban J connectivity index is 1.74. The van der Waals surface area contributed by atoms with E-state index >= 15 is 0 Å². The van der Waals surface area contributed by atoms with Gasteiger partial charge in [-0.05, 0) is 62.9 Å². The fourth-order valence-corrected chi connectivity index (χ4v) is 6.94. The molecule has 7 atom stereocenters. The third-order valence-corrected chi connectivity index (χ3v) is 8.49. The fourth-order valence-electron chi connectivity index (χ4n) is 6.94. The summed E-state index contributed by atoms with van der Waals surface area (Å²) >= 11 is 0. The third-order valence-electron chi connectivity index (χ3n) is 8.49. The quantitative estimate of drug-likeness (QED) is 0.580. The molecule has 0 heterocycles. The Bertz CT molecular complexity index is 769. The van der Waals surface area contributed by atoms with E-state index in [1.54, 1.807) is 6.08 Å². The van der Waals surface area contributed by atoms with Crippen LogP contribution in [0.25, 0.3) is 0 Å². The minimum atomic E-state index is -1.94. The van der Waals surface area contributed by atoms with Crippen LogP contribution >= 0.6 is 0 Å². The number of rotatable bonds is 2. The molecule has 4 N–H and O–H groups in total. The molecule has 1 unspecified atom stereocenters. The minimum Gasteiger partial charge on any atom is -0.508 e. The van der Waals surface area contributed by atoms with Crippen molar-refractivity contribution < 1.29 is 30.0 Å². The average molecular weight is 376 g/mol. The summed E-state index contributed by atoms with van der Waals surface area (Å²) < 4.78 is 0. The van der Waals surface area contributed by atoms with Gasteiger partial charge in [0.15, 0.2) is 17.2 Å². The molecule has 0 aromatic carbocycles. The summed E-state index contributed by atoms with van der Waals surface area (Å²) in [6.45, 7) is 3.00. The second kappa shape index (κ2) is 5.75. The van der Waals surface area contributed by atoms with Crippen molar-refractivity contribution >= 4 is 11.6 Å². The van der Waals surface area contributed by atoms with E-state index in [0.29, 0.717) is 25.7 Å². The van der Waals surface area contributed by atoms with Gasteiger partial charge in [-0.3, -0.25) is 9.59 Å². The lowest BCUT2D eigenvalue weighted by atomic mass is 9.46. The molecule has 6 nitrogen and oxygen atoms in total. The molecule has 0 amide bonds. The average Bonchev–Trinajstić information content (AvgIpc) is 2.83. The molecule has 3 saturated carbocycles. The summed E-state index contributed by atoms with van der Waals surface area (Å²) in [5.41, 5.74) is -2.48. The standard InChI is InChI=1S/C21H28O6/c1-19-6-5-14-13(15(19)9-17(25)21(19,27)18(26)10-22)4-3-11-7-12(23)8-16(24)20(11,14)2/h7-8,13-15,17,22-23,25,27H,3-6,9-10H2,1-2H3/t13-,14+,15+,17?,19+,20+,21+/m1/s1. The lowest BCUT2D eigenvalue weighted by Crippen LogP contribution is -2.61. The molecule has 148 valence electrons. The maximum Gasteiger partial charge on any atom is 0.192 e. The van der Waals surface area contributed by atoms with E-state index in [1.807, 2.05) is 13.8 Å². The van der Waals surface area contributed by atoms with Crippen molar-refractivity contribution in [3.63, 3.8) is 0 Å². The lowest BCUT2D eigenvalue weighted by molar-refractivity contribution is -0.178. The van der Waals surface area contributed by atoms with Gasteiger partial charge in [-0.25, -0.2) is 0 Å². The summed E-state index contributed by atoms with van der Waals surface area (Å²) in [4.78, 5) is 25.3. The van der Waals surface area contributed by atoms with E-state index in [0.717, 1.165) is 12.0 Å². The van der Waals surface area contributed by atoms with E-state index in [9.17, 15) is 30.0 Å². The number of aliphatic hydroxyl groups excluding tert-OH is 3. The first-order chi connectivity index (χ1) is 12.6. The van der Waals surface area contributed by atoms with Crippen LogP contribution in [0.1, 0.15) is 46.0 Å². The summed E-state index contributed by atoms with van der Waals surface area (Å²) in [6, 6.07) is 0. The maximum atomic E-state index is 12.9. The first-order valence-electron chi connectivity index (χ1n) is 9.81. The van der Waals surface area contributed by atoms with Crippen molar-refractivity contribution in [3.05, 3.63) is 23.5 Å². The zero-order valence-corrected chi connectivity index (χ0v) is 15.8. The van der Waals surface area contributed by atoms with Crippen LogP contribution in [-0.2, 0) is 9.59 Å². The topological polar surface area (TPSA) is 115 Å². The predicted octanol–water partition coefficient (Wildman–Crippen LogP) is 1.44. The van der Waals surface area contributed by atoms with Gasteiger partial charge in [0.1, 0.15) is 12.4 Å². The lowest BCUT2D eigenvalue weighted by Gasteiger charge is -2.57. The zero-order chi connectivity index (χ0) is 19.8. The first-order valence-corrected chi connectivity index (χ1v) is 9.81. The maximum absolute atomic E-state index is 12.9. The molecule has 0 aliphatic heterocycles. The van der Waals surface area contributed by atoms with E-state index in [1.165, 1.54) is 6.08 Å². The summed E-state index contributed by atoms with van der Waals surface area (Å²) in [7, 11) is 0. The molecule has 3 fully saturated rings. The van der Waals surface area contributed by atoms with Gasteiger partial charge < -0.3 is 20.4 Å². The van der Waals surface area contributed by atoms with Crippen LogP contribution in [0.2, 0.25) is 0 Å². The van der Waals surface area contributed by atoms with Gasteiger partial charge in [0.25, 0.3) is 0 Å². The Hall–Kier alpha value is -1.50. The highest BCUT2D eigenvalue weighted by Crippen LogP contribution is 2.67. The molecule has 4 aliphatic rings. The van der Waals surface area contributed by atoms with Gasteiger partial charge in [-0.15, -0.1) is 0 Å². The SMILES string of the molecule is C[C@]12C(=O)C=C(O)C=C1CC[C@@H]1[C@@H]2CC[C@@]2(C)[C@H]1CC(O)[C@]2(O)C(=O)CO. The van der Waals surface area contributed by atoms with Crippen molar-refractivity contribution in [2.75, 3.05) is 6.61 Å². The van der Waals surface area contributed by atoms with Crippen LogP contribution in [0.4, 0.5) is 0 Å². The van der Waals surface area contributed by atoms with Gasteiger partial charge in [-0.1, -0.05) is 12.5 Å². The first kappa shape index (κ1) is 18.8. The van der Waals surface area contributed by atoms with E-state index < -0.39 is 34.9 Å². The minimum absolute atomic E-state index is 0.00535. The molecule has 27 heavy (non-hydrogen) atoms. The second-order valence-electron chi connectivity index (χ2n) is 9.28. The molecule has 0 aromatic heterocycles. The molecule has 0 bridgehead atoms. The highest BCUT2D eigenvalue weighted by atomic mass is 16.4. The molecule has 4 aliphatic carbocycles. The molecule has 0 saturated heterocycles. The van der Waals surface area contributed by atoms with Crippen LogP contribution in [0.3, 0.4) is 0 Å². The van der Waals surface area contributed by atoms with Gasteiger partial charge in [0, 0.05) is 11.5 Å². The molecular weight excluding hydrogens is 348 g/mol. The van der Waals surface area contributed by atoms with Crippen molar-refractivity contribution in [2.24, 2.45) is 28.6 Å². The molecule has 0 aromatic rings. The summed E-state index contributed by atoms with van der Waals surface area (Å²) in [6.07, 6.45) is 4.73. The van der Waals surface area contributed by atoms with Crippen LogP contribution in [-0.4, -0.2) is 50.3 Å². The second-order valence-corrected chi connectivity index (χ2v) is 9.28. The predicted molar refractivity (Wildman–Crippen MR) is 96.6 cm³/mol. The normalized spacial score (nSPS) is 48.9. The summed E-state index contributed by atoms with van der Waals surface area (Å²) in [5.74, 6) is -0.758. The zero-order valence-electron chi connectivity index (χ0n) is 15.8. The number of ketones is 2. The van der Waals surface area contributed by atoms with E-state index in [4.69, 9.17) is 0 Å². The molecular formula is C21H28O6.